The van der Waals surface area contributed by atoms with Gasteiger partial charge in [0.05, 0.1) is 0 Å². The molecule has 1 aromatic heterocycles. The zero-order chi connectivity index (χ0) is 10.6. The Balaban J connectivity index is 0.000000461. The van der Waals surface area contributed by atoms with Crippen LogP contribution in [0.15, 0.2) is 39.5 Å². The lowest BCUT2D eigenvalue weighted by Crippen LogP contribution is -1.97. The third-order valence-corrected chi connectivity index (χ3v) is 1.86. The lowest BCUT2D eigenvalue weighted by Gasteiger charge is -1.97. The second-order valence-electron chi connectivity index (χ2n) is 2.74. The standard InChI is InChI=1S/C10H8O2.C2H6/c1-7-6-10(11)12-9-5-3-2-4-8(7)9;1-2/h2-6H,1H3;1-2H3. The molecular weight excluding hydrogens is 176 g/mol. The monoisotopic (exact) mass is 190 g/mol. The SMILES string of the molecule is CC.Cc1cc(=O)oc2ccccc12. The van der Waals surface area contributed by atoms with Crippen molar-refractivity contribution >= 4 is 11.0 Å². The number of hydrogen-bond acceptors (Lipinski definition) is 2. The molecule has 0 atom stereocenters. The Labute approximate surface area is 83.2 Å². The fourth-order valence-electron chi connectivity index (χ4n) is 1.27. The Hall–Kier alpha value is -1.57. The van der Waals surface area contributed by atoms with Crippen molar-refractivity contribution in [3.63, 3.8) is 0 Å². The molecule has 0 saturated carbocycles. The third-order valence-electron chi connectivity index (χ3n) is 1.86. The number of hydrogen-bond donors (Lipinski definition) is 0. The highest BCUT2D eigenvalue weighted by atomic mass is 16.4. The normalized spacial score (nSPS) is 9.36. The molecule has 0 spiro atoms. The molecule has 2 heteroatoms. The maximum absolute atomic E-state index is 10.9. The first-order chi connectivity index (χ1) is 6.77. The van der Waals surface area contributed by atoms with E-state index in [1.165, 1.54) is 6.07 Å². The van der Waals surface area contributed by atoms with E-state index in [4.69, 9.17) is 4.42 Å². The fourth-order valence-corrected chi connectivity index (χ4v) is 1.27. The summed E-state index contributed by atoms with van der Waals surface area (Å²) >= 11 is 0. The van der Waals surface area contributed by atoms with Crippen molar-refractivity contribution in [1.82, 2.24) is 0 Å². The molecule has 0 N–H and O–H groups in total. The summed E-state index contributed by atoms with van der Waals surface area (Å²) in [6.07, 6.45) is 0. The van der Waals surface area contributed by atoms with Gasteiger partial charge in [0, 0.05) is 11.5 Å². The van der Waals surface area contributed by atoms with Crippen LogP contribution in [0.1, 0.15) is 19.4 Å². The molecule has 0 saturated heterocycles. The predicted molar refractivity (Wildman–Crippen MR) is 58.6 cm³/mol. The van der Waals surface area contributed by atoms with Gasteiger partial charge in [-0.25, -0.2) is 4.79 Å². The van der Waals surface area contributed by atoms with Gasteiger partial charge in [0.1, 0.15) is 5.58 Å². The van der Waals surface area contributed by atoms with Gasteiger partial charge in [-0.3, -0.25) is 0 Å². The number of aryl methyl sites for hydroxylation is 1. The van der Waals surface area contributed by atoms with Crippen molar-refractivity contribution in [2.45, 2.75) is 20.8 Å². The van der Waals surface area contributed by atoms with E-state index < -0.39 is 0 Å². The van der Waals surface area contributed by atoms with Crippen LogP contribution in [0, 0.1) is 6.92 Å². The molecule has 2 nitrogen and oxygen atoms in total. The molecular formula is C12H14O2. The molecule has 0 radical (unpaired) electrons. The minimum atomic E-state index is -0.286. The molecule has 2 rings (SSSR count). The van der Waals surface area contributed by atoms with Crippen molar-refractivity contribution in [3.8, 4) is 0 Å². The molecule has 0 aliphatic rings. The molecule has 0 aliphatic carbocycles. The van der Waals surface area contributed by atoms with Crippen LogP contribution in [-0.4, -0.2) is 0 Å². The van der Waals surface area contributed by atoms with Gasteiger partial charge in [-0.2, -0.15) is 0 Å². The van der Waals surface area contributed by atoms with Crippen LogP contribution in [0.3, 0.4) is 0 Å². The lowest BCUT2D eigenvalue weighted by atomic mass is 10.1. The van der Waals surface area contributed by atoms with Crippen LogP contribution in [0.4, 0.5) is 0 Å². The Kier molecular flexibility index (Phi) is 3.46. The van der Waals surface area contributed by atoms with Gasteiger partial charge < -0.3 is 4.42 Å². The molecule has 0 bridgehead atoms. The molecule has 0 aliphatic heterocycles. The molecule has 2 aromatic rings. The smallest absolute Gasteiger partial charge is 0.336 e. The van der Waals surface area contributed by atoms with Crippen LogP contribution in [0.2, 0.25) is 0 Å². The highest BCUT2D eigenvalue weighted by Gasteiger charge is 1.98. The number of rotatable bonds is 0. The number of benzene rings is 1. The van der Waals surface area contributed by atoms with Crippen molar-refractivity contribution in [2.24, 2.45) is 0 Å². The van der Waals surface area contributed by atoms with Gasteiger partial charge in [-0.15, -0.1) is 0 Å². The van der Waals surface area contributed by atoms with Crippen molar-refractivity contribution < 1.29 is 4.42 Å². The van der Waals surface area contributed by atoms with Gasteiger partial charge in [0.15, 0.2) is 0 Å². The van der Waals surface area contributed by atoms with Crippen LogP contribution in [0.5, 0.6) is 0 Å². The van der Waals surface area contributed by atoms with Crippen LogP contribution >= 0.6 is 0 Å². The summed E-state index contributed by atoms with van der Waals surface area (Å²) < 4.78 is 4.99. The van der Waals surface area contributed by atoms with Gasteiger partial charge in [-0.1, -0.05) is 32.0 Å². The second-order valence-corrected chi connectivity index (χ2v) is 2.74. The van der Waals surface area contributed by atoms with Gasteiger partial charge in [-0.05, 0) is 18.6 Å². The van der Waals surface area contributed by atoms with Crippen molar-refractivity contribution in [1.29, 1.82) is 0 Å². The van der Waals surface area contributed by atoms with E-state index in [9.17, 15) is 4.79 Å². The summed E-state index contributed by atoms with van der Waals surface area (Å²) in [4.78, 5) is 10.9. The summed E-state index contributed by atoms with van der Waals surface area (Å²) in [6.45, 7) is 5.90. The number of fused-ring (bicyclic) bond motifs is 1. The van der Waals surface area contributed by atoms with E-state index in [2.05, 4.69) is 0 Å². The summed E-state index contributed by atoms with van der Waals surface area (Å²) in [7, 11) is 0. The number of para-hydroxylation sites is 1. The molecule has 0 amide bonds. The third kappa shape index (κ3) is 2.02. The van der Waals surface area contributed by atoms with Gasteiger partial charge in [0.25, 0.3) is 0 Å². The van der Waals surface area contributed by atoms with E-state index in [0.29, 0.717) is 5.58 Å². The summed E-state index contributed by atoms with van der Waals surface area (Å²) in [5.41, 5.74) is 1.33. The van der Waals surface area contributed by atoms with Crippen LogP contribution in [0.25, 0.3) is 11.0 Å². The first-order valence-corrected chi connectivity index (χ1v) is 4.77. The van der Waals surface area contributed by atoms with Gasteiger partial charge in [0.2, 0.25) is 0 Å². The van der Waals surface area contributed by atoms with E-state index in [-0.39, 0.29) is 5.63 Å². The van der Waals surface area contributed by atoms with Crippen molar-refractivity contribution in [2.75, 3.05) is 0 Å². The largest absolute Gasteiger partial charge is 0.423 e. The fraction of sp³-hybridized carbons (Fsp3) is 0.250. The zero-order valence-electron chi connectivity index (χ0n) is 8.70. The summed E-state index contributed by atoms with van der Waals surface area (Å²) in [6, 6.07) is 9.01. The maximum Gasteiger partial charge on any atom is 0.336 e. The first kappa shape index (κ1) is 10.5. The first-order valence-electron chi connectivity index (χ1n) is 4.77. The van der Waals surface area contributed by atoms with E-state index >= 15 is 0 Å². The molecule has 0 fully saturated rings. The Morgan fingerprint density at radius 2 is 1.79 bits per heavy atom. The Morgan fingerprint density at radius 1 is 1.14 bits per heavy atom. The summed E-state index contributed by atoms with van der Waals surface area (Å²) in [5, 5.41) is 0.997. The topological polar surface area (TPSA) is 30.2 Å². The highest BCUT2D eigenvalue weighted by Crippen LogP contribution is 2.14. The van der Waals surface area contributed by atoms with E-state index in [1.807, 2.05) is 39.0 Å². The summed E-state index contributed by atoms with van der Waals surface area (Å²) in [5.74, 6) is 0. The maximum atomic E-state index is 10.9. The van der Waals surface area contributed by atoms with Crippen LogP contribution in [-0.2, 0) is 0 Å². The van der Waals surface area contributed by atoms with Crippen molar-refractivity contribution in [3.05, 3.63) is 46.3 Å². The Bertz CT molecular complexity index is 469. The van der Waals surface area contributed by atoms with E-state index in [0.717, 1.165) is 10.9 Å². The molecule has 0 unspecified atom stereocenters. The van der Waals surface area contributed by atoms with E-state index in [1.54, 1.807) is 6.07 Å². The molecule has 1 heterocycles. The second kappa shape index (κ2) is 4.61. The average molecular weight is 190 g/mol. The Morgan fingerprint density at radius 3 is 2.50 bits per heavy atom. The lowest BCUT2D eigenvalue weighted by molar-refractivity contribution is 0.560. The minimum Gasteiger partial charge on any atom is -0.423 e. The molecule has 14 heavy (non-hydrogen) atoms. The highest BCUT2D eigenvalue weighted by molar-refractivity contribution is 5.79. The minimum absolute atomic E-state index is 0.286. The molecule has 1 aromatic carbocycles. The average Bonchev–Trinajstić information content (AvgIpc) is 2.20. The quantitative estimate of drug-likeness (QED) is 0.597. The molecule has 74 valence electrons. The van der Waals surface area contributed by atoms with Gasteiger partial charge >= 0.3 is 5.63 Å². The zero-order valence-corrected chi connectivity index (χ0v) is 8.70. The predicted octanol–water partition coefficient (Wildman–Crippen LogP) is 3.13. The van der Waals surface area contributed by atoms with Crippen LogP contribution < -0.4 is 5.63 Å².